The SMILES string of the molecule is CCN1CCN(c2ccc(-c3ccc4c(Nc5ccc(Sc6nccn6C)c(Cl)c5)c(C#N)cnc4c3)nc2)CC1. The van der Waals surface area contributed by atoms with Crippen LogP contribution in [0.3, 0.4) is 0 Å². The molecule has 41 heavy (non-hydrogen) atoms. The number of piperazine rings is 1. The summed E-state index contributed by atoms with van der Waals surface area (Å²) in [4.78, 5) is 19.5. The molecule has 1 saturated heterocycles. The molecule has 10 heteroatoms. The minimum absolute atomic E-state index is 0.457. The molecule has 8 nitrogen and oxygen atoms in total. The van der Waals surface area contributed by atoms with Gasteiger partial charge in [0.05, 0.1) is 39.4 Å². The maximum Gasteiger partial charge on any atom is 0.172 e. The minimum atomic E-state index is 0.457. The molecule has 0 aliphatic carbocycles. The van der Waals surface area contributed by atoms with E-state index in [2.05, 4.69) is 50.2 Å². The van der Waals surface area contributed by atoms with Crippen molar-refractivity contribution in [3.05, 3.63) is 83.9 Å². The molecular weight excluding hydrogens is 552 g/mol. The van der Waals surface area contributed by atoms with E-state index < -0.39 is 0 Å². The number of aryl methyl sites for hydroxylation is 1. The largest absolute Gasteiger partial charge is 0.368 e. The van der Waals surface area contributed by atoms with Gasteiger partial charge in [-0.3, -0.25) is 9.97 Å². The van der Waals surface area contributed by atoms with Crippen LogP contribution >= 0.6 is 23.4 Å². The lowest BCUT2D eigenvalue weighted by atomic mass is 10.0. The summed E-state index contributed by atoms with van der Waals surface area (Å²) < 4.78 is 1.95. The Kier molecular flexibility index (Phi) is 7.79. The molecular formula is C31H29ClN8S. The van der Waals surface area contributed by atoms with E-state index in [0.717, 1.165) is 76.3 Å². The molecule has 1 fully saturated rings. The molecule has 0 saturated carbocycles. The number of benzene rings is 2. The molecule has 4 heterocycles. The molecule has 0 bridgehead atoms. The smallest absolute Gasteiger partial charge is 0.172 e. The summed E-state index contributed by atoms with van der Waals surface area (Å²) >= 11 is 8.13. The van der Waals surface area contributed by atoms with Crippen LogP contribution in [0.25, 0.3) is 22.2 Å². The molecule has 0 radical (unpaired) electrons. The quantitative estimate of drug-likeness (QED) is 0.231. The second-order valence-electron chi connectivity index (χ2n) is 9.91. The summed E-state index contributed by atoms with van der Waals surface area (Å²) in [5.74, 6) is 0. The zero-order chi connectivity index (χ0) is 28.3. The van der Waals surface area contributed by atoms with E-state index >= 15 is 0 Å². The van der Waals surface area contributed by atoms with Crippen molar-refractivity contribution in [1.29, 1.82) is 5.26 Å². The van der Waals surface area contributed by atoms with E-state index in [1.807, 2.05) is 60.4 Å². The van der Waals surface area contributed by atoms with Crippen LogP contribution in [-0.4, -0.2) is 57.1 Å². The molecule has 0 atom stereocenters. The zero-order valence-electron chi connectivity index (χ0n) is 22.9. The number of aromatic nitrogens is 4. The van der Waals surface area contributed by atoms with Gasteiger partial charge in [-0.25, -0.2) is 4.98 Å². The fourth-order valence-corrected chi connectivity index (χ4v) is 6.10. The van der Waals surface area contributed by atoms with E-state index in [0.29, 0.717) is 16.3 Å². The van der Waals surface area contributed by atoms with Crippen molar-refractivity contribution >= 4 is 51.3 Å². The van der Waals surface area contributed by atoms with Crippen molar-refractivity contribution in [3.8, 4) is 17.3 Å². The van der Waals surface area contributed by atoms with E-state index in [1.54, 1.807) is 12.4 Å². The van der Waals surface area contributed by atoms with Crippen LogP contribution < -0.4 is 10.2 Å². The summed E-state index contributed by atoms with van der Waals surface area (Å²) in [6.07, 6.45) is 7.22. The van der Waals surface area contributed by atoms with Gasteiger partial charge in [-0.2, -0.15) is 5.26 Å². The lowest BCUT2D eigenvalue weighted by Crippen LogP contribution is -2.46. The number of rotatable bonds is 7. The number of nitrogens with one attached hydrogen (secondary N) is 1. The highest BCUT2D eigenvalue weighted by atomic mass is 35.5. The Morgan fingerprint density at radius 2 is 1.85 bits per heavy atom. The number of hydrogen-bond acceptors (Lipinski definition) is 8. The van der Waals surface area contributed by atoms with Crippen molar-refractivity contribution < 1.29 is 0 Å². The van der Waals surface area contributed by atoms with Gasteiger partial charge in [-0.1, -0.05) is 36.4 Å². The predicted octanol–water partition coefficient (Wildman–Crippen LogP) is 6.59. The average Bonchev–Trinajstić information content (AvgIpc) is 3.42. The number of pyridine rings is 2. The summed E-state index contributed by atoms with van der Waals surface area (Å²) in [7, 11) is 1.95. The van der Waals surface area contributed by atoms with Gasteiger partial charge in [0.2, 0.25) is 0 Å². The highest BCUT2D eigenvalue weighted by Crippen LogP contribution is 2.36. The highest BCUT2D eigenvalue weighted by Gasteiger charge is 2.17. The first-order valence-electron chi connectivity index (χ1n) is 13.5. The Labute approximate surface area is 248 Å². The van der Waals surface area contributed by atoms with Gasteiger partial charge in [0.25, 0.3) is 0 Å². The van der Waals surface area contributed by atoms with Crippen LogP contribution in [0.5, 0.6) is 0 Å². The lowest BCUT2D eigenvalue weighted by molar-refractivity contribution is 0.271. The summed E-state index contributed by atoms with van der Waals surface area (Å²) in [5.41, 5.74) is 5.72. The van der Waals surface area contributed by atoms with Gasteiger partial charge >= 0.3 is 0 Å². The highest BCUT2D eigenvalue weighted by molar-refractivity contribution is 7.99. The van der Waals surface area contributed by atoms with Gasteiger partial charge < -0.3 is 19.7 Å². The monoisotopic (exact) mass is 580 g/mol. The Morgan fingerprint density at radius 1 is 1.00 bits per heavy atom. The third-order valence-corrected chi connectivity index (χ3v) is 8.97. The first-order valence-corrected chi connectivity index (χ1v) is 14.7. The van der Waals surface area contributed by atoms with Crippen LogP contribution in [-0.2, 0) is 7.05 Å². The molecule has 0 unspecified atom stereocenters. The standard InChI is InChI=1S/C31H29ClN8S/c1-3-39-12-14-40(15-13-39)24-6-8-27(36-20-24)21-4-7-25-28(16-21)35-19-22(18-33)30(25)37-23-5-9-29(26(32)17-23)41-31-34-10-11-38(31)2/h4-11,16-17,19-20H,3,12-15H2,1-2H3,(H,35,37). The maximum absolute atomic E-state index is 9.83. The second-order valence-corrected chi connectivity index (χ2v) is 11.3. The van der Waals surface area contributed by atoms with Gasteiger partial charge in [0.1, 0.15) is 6.07 Å². The van der Waals surface area contributed by atoms with Gasteiger partial charge in [0.15, 0.2) is 5.16 Å². The van der Waals surface area contributed by atoms with Crippen LogP contribution in [0.2, 0.25) is 5.02 Å². The number of hydrogen-bond donors (Lipinski definition) is 1. The van der Waals surface area contributed by atoms with Crippen LogP contribution in [0.4, 0.5) is 17.1 Å². The molecule has 1 N–H and O–H groups in total. The normalized spacial score (nSPS) is 13.9. The molecule has 5 aromatic rings. The number of likely N-dealkylation sites (N-methyl/N-ethyl adjacent to an activating group) is 1. The Balaban J connectivity index is 1.24. The zero-order valence-corrected chi connectivity index (χ0v) is 24.5. The lowest BCUT2D eigenvalue weighted by Gasteiger charge is -2.35. The maximum atomic E-state index is 9.83. The number of nitrogens with zero attached hydrogens (tertiary/aromatic N) is 7. The molecule has 0 spiro atoms. The van der Waals surface area contributed by atoms with Crippen LogP contribution in [0, 0.1) is 11.3 Å². The Hall–Kier alpha value is -4.10. The molecule has 206 valence electrons. The van der Waals surface area contributed by atoms with Crippen molar-refractivity contribution in [2.45, 2.75) is 17.0 Å². The molecule has 1 aliphatic rings. The van der Waals surface area contributed by atoms with E-state index in [-0.39, 0.29) is 0 Å². The molecule has 3 aromatic heterocycles. The second kappa shape index (κ2) is 11.8. The third-order valence-electron chi connectivity index (χ3n) is 7.40. The molecule has 6 rings (SSSR count). The topological polar surface area (TPSA) is 85.9 Å². The Morgan fingerprint density at radius 3 is 2.54 bits per heavy atom. The molecule has 0 amide bonds. The van der Waals surface area contributed by atoms with Crippen molar-refractivity contribution in [2.24, 2.45) is 7.05 Å². The van der Waals surface area contributed by atoms with E-state index in [4.69, 9.17) is 16.6 Å². The summed E-state index contributed by atoms with van der Waals surface area (Å²) in [5, 5.41) is 15.6. The number of nitriles is 1. The molecule has 1 aliphatic heterocycles. The fraction of sp³-hybridized carbons (Fsp3) is 0.226. The first-order chi connectivity index (χ1) is 20.0. The Bertz CT molecular complexity index is 1740. The number of fused-ring (bicyclic) bond motifs is 1. The third kappa shape index (κ3) is 5.72. The summed E-state index contributed by atoms with van der Waals surface area (Å²) in [6.45, 7) is 7.50. The average molecular weight is 581 g/mol. The first kappa shape index (κ1) is 27.1. The van der Waals surface area contributed by atoms with Crippen molar-refractivity contribution in [2.75, 3.05) is 42.9 Å². The number of imidazole rings is 1. The van der Waals surface area contributed by atoms with Gasteiger partial charge in [-0.05, 0) is 49.0 Å². The van der Waals surface area contributed by atoms with Crippen LogP contribution in [0.15, 0.2) is 83.4 Å². The van der Waals surface area contributed by atoms with E-state index in [9.17, 15) is 5.26 Å². The number of anilines is 3. The van der Waals surface area contributed by atoms with E-state index in [1.165, 1.54) is 11.8 Å². The molecule has 2 aromatic carbocycles. The number of halogens is 1. The van der Waals surface area contributed by atoms with Crippen LogP contribution in [0.1, 0.15) is 12.5 Å². The van der Waals surface area contributed by atoms with Gasteiger partial charge in [0, 0.05) is 73.3 Å². The summed E-state index contributed by atoms with van der Waals surface area (Å²) in [6, 6.07) is 18.3. The van der Waals surface area contributed by atoms with Gasteiger partial charge in [-0.15, -0.1) is 0 Å². The predicted molar refractivity (Wildman–Crippen MR) is 166 cm³/mol. The van der Waals surface area contributed by atoms with Crippen molar-refractivity contribution in [3.63, 3.8) is 0 Å². The minimum Gasteiger partial charge on any atom is -0.368 e. The van der Waals surface area contributed by atoms with Crippen molar-refractivity contribution in [1.82, 2.24) is 24.4 Å². The fourth-order valence-electron chi connectivity index (χ4n) is 4.99.